The Hall–Kier alpha value is -0.160. The van der Waals surface area contributed by atoms with Crippen LogP contribution < -0.4 is 10.6 Å². The maximum atomic E-state index is 5.58. The van der Waals surface area contributed by atoms with Crippen LogP contribution in [0.1, 0.15) is 26.2 Å². The Morgan fingerprint density at radius 2 is 2.31 bits per heavy atom. The maximum Gasteiger partial charge on any atom is 0.0588 e. The molecule has 16 heavy (non-hydrogen) atoms. The molecule has 1 rings (SSSR count). The topological polar surface area (TPSA) is 42.5 Å². The number of nitrogens with one attached hydrogen (secondary N) is 2. The van der Waals surface area contributed by atoms with Gasteiger partial charge in [-0.2, -0.15) is 0 Å². The molecule has 4 nitrogen and oxygen atoms in total. The van der Waals surface area contributed by atoms with Crippen LogP contribution in [0.25, 0.3) is 0 Å². The van der Waals surface area contributed by atoms with Crippen LogP contribution >= 0.6 is 0 Å². The summed E-state index contributed by atoms with van der Waals surface area (Å²) in [4.78, 5) is 0. The van der Waals surface area contributed by atoms with E-state index in [4.69, 9.17) is 9.47 Å². The first-order chi connectivity index (χ1) is 7.83. The summed E-state index contributed by atoms with van der Waals surface area (Å²) in [6.45, 7) is 6.91. The van der Waals surface area contributed by atoms with Crippen molar-refractivity contribution in [3.05, 3.63) is 0 Å². The molecule has 0 radical (unpaired) electrons. The predicted octanol–water partition coefficient (Wildman–Crippen LogP) is 0.770. The first kappa shape index (κ1) is 13.9. The van der Waals surface area contributed by atoms with Gasteiger partial charge in [0.15, 0.2) is 0 Å². The molecule has 2 atom stereocenters. The smallest absolute Gasteiger partial charge is 0.0588 e. The van der Waals surface area contributed by atoms with Crippen molar-refractivity contribution in [3.8, 4) is 0 Å². The van der Waals surface area contributed by atoms with Gasteiger partial charge in [-0.15, -0.1) is 0 Å². The van der Waals surface area contributed by atoms with Crippen LogP contribution in [-0.2, 0) is 9.47 Å². The Labute approximate surface area is 99.1 Å². The highest BCUT2D eigenvalue weighted by Gasteiger charge is 2.14. The Morgan fingerprint density at radius 1 is 1.44 bits per heavy atom. The lowest BCUT2D eigenvalue weighted by Gasteiger charge is -2.16. The third-order valence-corrected chi connectivity index (χ3v) is 2.92. The van der Waals surface area contributed by atoms with Crippen molar-refractivity contribution in [2.75, 3.05) is 40.0 Å². The number of hydrogen-bond acceptors (Lipinski definition) is 4. The van der Waals surface area contributed by atoms with E-state index >= 15 is 0 Å². The predicted molar refractivity (Wildman–Crippen MR) is 65.8 cm³/mol. The lowest BCUT2D eigenvalue weighted by atomic mass is 10.2. The SMILES string of the molecule is COCCNCC(C)NCCC1CCCO1. The van der Waals surface area contributed by atoms with Gasteiger partial charge in [0, 0.05) is 32.8 Å². The molecule has 0 aliphatic carbocycles. The molecule has 2 unspecified atom stereocenters. The molecule has 0 aromatic rings. The van der Waals surface area contributed by atoms with Crippen LogP contribution in [0, 0.1) is 0 Å². The van der Waals surface area contributed by atoms with Crippen molar-refractivity contribution in [3.63, 3.8) is 0 Å². The van der Waals surface area contributed by atoms with Gasteiger partial charge in [0.2, 0.25) is 0 Å². The molecule has 96 valence electrons. The summed E-state index contributed by atoms with van der Waals surface area (Å²) in [6, 6.07) is 0.512. The quantitative estimate of drug-likeness (QED) is 0.574. The Bertz CT molecular complexity index is 161. The zero-order chi connectivity index (χ0) is 11.6. The molecule has 1 aliphatic rings. The van der Waals surface area contributed by atoms with E-state index in [0.29, 0.717) is 12.1 Å². The zero-order valence-corrected chi connectivity index (χ0v) is 10.6. The van der Waals surface area contributed by atoms with Crippen molar-refractivity contribution in [2.45, 2.75) is 38.3 Å². The van der Waals surface area contributed by atoms with E-state index in [-0.39, 0.29) is 0 Å². The average Bonchev–Trinajstić information content (AvgIpc) is 2.77. The van der Waals surface area contributed by atoms with Crippen molar-refractivity contribution < 1.29 is 9.47 Å². The third-order valence-electron chi connectivity index (χ3n) is 2.92. The molecule has 0 aromatic heterocycles. The standard InChI is InChI=1S/C12H26N2O2/c1-11(10-13-7-9-15-2)14-6-5-12-4-3-8-16-12/h11-14H,3-10H2,1-2H3. The number of rotatable bonds is 9. The lowest BCUT2D eigenvalue weighted by molar-refractivity contribution is 0.103. The first-order valence-corrected chi connectivity index (χ1v) is 6.37. The fourth-order valence-corrected chi connectivity index (χ4v) is 1.93. The lowest BCUT2D eigenvalue weighted by Crippen LogP contribution is -2.38. The Balaban J connectivity index is 1.87. The van der Waals surface area contributed by atoms with Crippen molar-refractivity contribution in [2.24, 2.45) is 0 Å². The van der Waals surface area contributed by atoms with Gasteiger partial charge in [-0.25, -0.2) is 0 Å². The van der Waals surface area contributed by atoms with Crippen LogP contribution in [-0.4, -0.2) is 52.1 Å². The molecule has 0 bridgehead atoms. The van der Waals surface area contributed by atoms with Crippen LogP contribution in [0.3, 0.4) is 0 Å². The minimum Gasteiger partial charge on any atom is -0.383 e. The number of methoxy groups -OCH3 is 1. The van der Waals surface area contributed by atoms with Gasteiger partial charge >= 0.3 is 0 Å². The second-order valence-electron chi connectivity index (χ2n) is 4.48. The summed E-state index contributed by atoms with van der Waals surface area (Å²) >= 11 is 0. The van der Waals surface area contributed by atoms with Crippen molar-refractivity contribution >= 4 is 0 Å². The summed E-state index contributed by atoms with van der Waals surface area (Å²) in [7, 11) is 1.73. The molecule has 0 aromatic carbocycles. The maximum absolute atomic E-state index is 5.58. The molecule has 1 saturated heterocycles. The second kappa shape index (κ2) is 8.93. The largest absolute Gasteiger partial charge is 0.383 e. The highest BCUT2D eigenvalue weighted by atomic mass is 16.5. The van der Waals surface area contributed by atoms with Gasteiger partial charge in [0.05, 0.1) is 12.7 Å². The molecule has 1 aliphatic heterocycles. The monoisotopic (exact) mass is 230 g/mol. The van der Waals surface area contributed by atoms with E-state index in [1.807, 2.05) is 0 Å². The van der Waals surface area contributed by atoms with Gasteiger partial charge in [-0.3, -0.25) is 0 Å². The number of ether oxygens (including phenoxy) is 2. The molecular weight excluding hydrogens is 204 g/mol. The minimum atomic E-state index is 0.501. The van der Waals surface area contributed by atoms with Crippen LogP contribution in [0.5, 0.6) is 0 Å². The van der Waals surface area contributed by atoms with E-state index < -0.39 is 0 Å². The van der Waals surface area contributed by atoms with E-state index in [1.165, 1.54) is 12.8 Å². The summed E-state index contributed by atoms with van der Waals surface area (Å²) < 4.78 is 10.5. The van der Waals surface area contributed by atoms with Gasteiger partial charge in [-0.1, -0.05) is 0 Å². The van der Waals surface area contributed by atoms with E-state index in [9.17, 15) is 0 Å². The van der Waals surface area contributed by atoms with Crippen LogP contribution in [0.4, 0.5) is 0 Å². The highest BCUT2D eigenvalue weighted by molar-refractivity contribution is 4.69. The van der Waals surface area contributed by atoms with E-state index in [0.717, 1.165) is 39.3 Å². The minimum absolute atomic E-state index is 0.501. The van der Waals surface area contributed by atoms with E-state index in [1.54, 1.807) is 7.11 Å². The summed E-state index contributed by atoms with van der Waals surface area (Å²) in [6.07, 6.45) is 4.12. The van der Waals surface area contributed by atoms with Crippen LogP contribution in [0.15, 0.2) is 0 Å². The molecular formula is C12H26N2O2. The first-order valence-electron chi connectivity index (χ1n) is 6.37. The van der Waals surface area contributed by atoms with Crippen molar-refractivity contribution in [1.82, 2.24) is 10.6 Å². The Morgan fingerprint density at radius 3 is 3.00 bits per heavy atom. The van der Waals surface area contributed by atoms with Gasteiger partial charge in [-0.05, 0) is 32.7 Å². The molecule has 1 fully saturated rings. The van der Waals surface area contributed by atoms with Gasteiger partial charge in [0.1, 0.15) is 0 Å². The molecule has 1 heterocycles. The van der Waals surface area contributed by atoms with Gasteiger partial charge in [0.25, 0.3) is 0 Å². The van der Waals surface area contributed by atoms with Crippen molar-refractivity contribution in [1.29, 1.82) is 0 Å². The second-order valence-corrected chi connectivity index (χ2v) is 4.48. The normalized spacial score (nSPS) is 22.5. The highest BCUT2D eigenvalue weighted by Crippen LogP contribution is 2.14. The third kappa shape index (κ3) is 6.43. The summed E-state index contributed by atoms with van der Waals surface area (Å²) in [5.74, 6) is 0. The Kier molecular flexibility index (Phi) is 7.76. The van der Waals surface area contributed by atoms with Crippen LogP contribution in [0.2, 0.25) is 0 Å². The van der Waals surface area contributed by atoms with Gasteiger partial charge < -0.3 is 20.1 Å². The molecule has 0 amide bonds. The average molecular weight is 230 g/mol. The number of hydrogen-bond donors (Lipinski definition) is 2. The molecule has 0 saturated carbocycles. The molecule has 4 heteroatoms. The molecule has 2 N–H and O–H groups in total. The van der Waals surface area contributed by atoms with E-state index in [2.05, 4.69) is 17.6 Å². The summed E-state index contributed by atoms with van der Waals surface area (Å²) in [5.41, 5.74) is 0. The molecule has 0 spiro atoms. The summed E-state index contributed by atoms with van der Waals surface area (Å²) in [5, 5.41) is 6.85. The fraction of sp³-hybridized carbons (Fsp3) is 1.00. The zero-order valence-electron chi connectivity index (χ0n) is 10.6. The fourth-order valence-electron chi connectivity index (χ4n) is 1.93.